The van der Waals surface area contributed by atoms with Gasteiger partial charge in [0, 0.05) is 6.54 Å². The van der Waals surface area contributed by atoms with Gasteiger partial charge in [-0.15, -0.1) is 0 Å². The third-order valence-electron chi connectivity index (χ3n) is 3.86. The Kier molecular flexibility index (Phi) is 7.69. The molecule has 0 heterocycles. The number of carbonyl (C=O) groups is 1. The van der Waals surface area contributed by atoms with Crippen LogP contribution in [0.15, 0.2) is 42.5 Å². The average molecular weight is 397 g/mol. The smallest absolute Gasteiger partial charge is 0.411 e. The van der Waals surface area contributed by atoms with Crippen LogP contribution in [-0.2, 0) is 29.1 Å². The highest BCUT2D eigenvalue weighted by atomic mass is 19.4. The van der Waals surface area contributed by atoms with Gasteiger partial charge in [-0.25, -0.2) is 0 Å². The molecule has 0 bridgehead atoms. The maximum atomic E-state index is 12.1. The lowest BCUT2D eigenvalue weighted by atomic mass is 10.1. The van der Waals surface area contributed by atoms with Crippen molar-refractivity contribution in [2.45, 2.75) is 25.7 Å². The van der Waals surface area contributed by atoms with E-state index in [-0.39, 0.29) is 18.9 Å². The summed E-state index contributed by atoms with van der Waals surface area (Å²) in [5.41, 5.74) is 2.25. The molecule has 0 spiro atoms. The number of hydrogen-bond acceptors (Lipinski definition) is 4. The lowest BCUT2D eigenvalue weighted by Gasteiger charge is -2.10. The number of hydrogen-bond donors (Lipinski definition) is 1. The molecule has 2 aromatic rings. The Morgan fingerprint density at radius 1 is 0.929 bits per heavy atom. The minimum absolute atomic E-state index is 0.120. The van der Waals surface area contributed by atoms with Crippen molar-refractivity contribution >= 4 is 5.91 Å². The normalized spacial score (nSPS) is 11.2. The summed E-state index contributed by atoms with van der Waals surface area (Å²) in [6, 6.07) is 12.1. The number of halogens is 3. The molecular weight excluding hydrogens is 375 g/mol. The second kappa shape index (κ2) is 9.98. The van der Waals surface area contributed by atoms with E-state index in [2.05, 4.69) is 10.1 Å². The number of nitrogens with one attached hydrogen (secondary N) is 1. The second-order valence-electron chi connectivity index (χ2n) is 6.07. The van der Waals surface area contributed by atoms with E-state index in [0.717, 1.165) is 11.1 Å². The molecule has 0 atom stereocenters. The van der Waals surface area contributed by atoms with E-state index in [1.807, 2.05) is 0 Å². The fraction of sp³-hybridized carbons (Fsp3) is 0.350. The molecule has 0 aliphatic carbocycles. The summed E-state index contributed by atoms with van der Waals surface area (Å²) in [6.07, 6.45) is -4.15. The van der Waals surface area contributed by atoms with Crippen LogP contribution in [0.1, 0.15) is 16.7 Å². The first-order valence-electron chi connectivity index (χ1n) is 8.50. The zero-order valence-corrected chi connectivity index (χ0v) is 15.6. The van der Waals surface area contributed by atoms with Gasteiger partial charge in [-0.3, -0.25) is 4.79 Å². The molecule has 8 heteroatoms. The van der Waals surface area contributed by atoms with Crippen LogP contribution in [0.25, 0.3) is 0 Å². The summed E-state index contributed by atoms with van der Waals surface area (Å²) in [5, 5.41) is 2.81. The lowest BCUT2D eigenvalue weighted by Crippen LogP contribution is -2.24. The van der Waals surface area contributed by atoms with Crippen LogP contribution in [0.5, 0.6) is 11.5 Å². The molecule has 1 N–H and O–H groups in total. The third kappa shape index (κ3) is 7.11. The van der Waals surface area contributed by atoms with Crippen LogP contribution in [0.3, 0.4) is 0 Å². The Balaban J connectivity index is 1.81. The van der Waals surface area contributed by atoms with Crippen molar-refractivity contribution in [2.75, 3.05) is 20.8 Å². The van der Waals surface area contributed by atoms with Crippen LogP contribution in [0, 0.1) is 0 Å². The maximum absolute atomic E-state index is 12.1. The second-order valence-corrected chi connectivity index (χ2v) is 6.07. The Bertz CT molecular complexity index is 776. The van der Waals surface area contributed by atoms with Crippen LogP contribution in [0.4, 0.5) is 13.2 Å². The zero-order chi connectivity index (χ0) is 20.6. The molecule has 0 unspecified atom stereocenters. The number of amides is 1. The molecule has 152 valence electrons. The van der Waals surface area contributed by atoms with E-state index in [0.29, 0.717) is 23.6 Å². The number of methoxy groups -OCH3 is 2. The summed E-state index contributed by atoms with van der Waals surface area (Å²) in [7, 11) is 3.07. The van der Waals surface area contributed by atoms with Gasteiger partial charge in [0.05, 0.1) is 27.2 Å². The molecular formula is C20H22F3NO4. The van der Waals surface area contributed by atoms with Gasteiger partial charge >= 0.3 is 6.18 Å². The fourth-order valence-electron chi connectivity index (χ4n) is 2.48. The molecule has 0 aliphatic heterocycles. The standard InChI is InChI=1S/C20H22F3NO4/c1-26-17-8-7-16(9-18(17)27-2)10-19(25)24-11-14-3-5-15(6-4-14)12-28-13-20(21,22)23/h3-9H,10-13H2,1-2H3,(H,24,25). The van der Waals surface area contributed by atoms with E-state index in [1.165, 1.54) is 14.2 Å². The quantitative estimate of drug-likeness (QED) is 0.702. The summed E-state index contributed by atoms with van der Waals surface area (Å²) in [5.74, 6) is 0.979. The van der Waals surface area contributed by atoms with Crippen LogP contribution in [-0.4, -0.2) is 32.9 Å². The van der Waals surface area contributed by atoms with Gasteiger partial charge in [0.2, 0.25) is 5.91 Å². The number of ether oxygens (including phenoxy) is 3. The predicted molar refractivity (Wildman–Crippen MR) is 97.2 cm³/mol. The number of carbonyl (C=O) groups excluding carboxylic acids is 1. The van der Waals surface area contributed by atoms with E-state index < -0.39 is 12.8 Å². The first kappa shape index (κ1) is 21.6. The van der Waals surface area contributed by atoms with Crippen molar-refractivity contribution in [3.63, 3.8) is 0 Å². The number of rotatable bonds is 9. The molecule has 0 saturated carbocycles. The molecule has 0 aliphatic rings. The van der Waals surface area contributed by atoms with Gasteiger partial charge in [-0.2, -0.15) is 13.2 Å². The summed E-state index contributed by atoms with van der Waals surface area (Å²) in [4.78, 5) is 12.1. The van der Waals surface area contributed by atoms with E-state index in [9.17, 15) is 18.0 Å². The fourth-order valence-corrected chi connectivity index (χ4v) is 2.48. The predicted octanol–water partition coefficient (Wildman–Crippen LogP) is 3.64. The highest BCUT2D eigenvalue weighted by Gasteiger charge is 2.27. The van der Waals surface area contributed by atoms with Gasteiger partial charge in [-0.1, -0.05) is 30.3 Å². The highest BCUT2D eigenvalue weighted by Crippen LogP contribution is 2.27. The molecule has 2 rings (SSSR count). The molecule has 0 saturated heterocycles. The average Bonchev–Trinajstić information content (AvgIpc) is 2.66. The van der Waals surface area contributed by atoms with Crippen molar-refractivity contribution < 1.29 is 32.2 Å². The molecule has 28 heavy (non-hydrogen) atoms. The van der Waals surface area contributed by atoms with E-state index in [4.69, 9.17) is 9.47 Å². The Morgan fingerprint density at radius 3 is 2.14 bits per heavy atom. The van der Waals surface area contributed by atoms with Crippen LogP contribution in [0.2, 0.25) is 0 Å². The van der Waals surface area contributed by atoms with E-state index >= 15 is 0 Å². The SMILES string of the molecule is COc1ccc(CC(=O)NCc2ccc(COCC(F)(F)F)cc2)cc1OC. The van der Waals surface area contributed by atoms with Crippen molar-refractivity contribution in [2.24, 2.45) is 0 Å². The molecule has 2 aromatic carbocycles. The first-order valence-corrected chi connectivity index (χ1v) is 8.50. The van der Waals surface area contributed by atoms with Crippen molar-refractivity contribution in [3.05, 3.63) is 59.2 Å². The van der Waals surface area contributed by atoms with Gasteiger partial charge in [-0.05, 0) is 28.8 Å². The Morgan fingerprint density at radius 2 is 1.54 bits per heavy atom. The van der Waals surface area contributed by atoms with Crippen molar-refractivity contribution in [1.82, 2.24) is 5.32 Å². The Labute approximate surface area is 161 Å². The lowest BCUT2D eigenvalue weighted by molar-refractivity contribution is -0.176. The van der Waals surface area contributed by atoms with Crippen LogP contribution < -0.4 is 14.8 Å². The monoisotopic (exact) mass is 397 g/mol. The van der Waals surface area contributed by atoms with Crippen molar-refractivity contribution in [1.29, 1.82) is 0 Å². The maximum Gasteiger partial charge on any atom is 0.411 e. The minimum Gasteiger partial charge on any atom is -0.493 e. The van der Waals surface area contributed by atoms with Crippen LogP contribution >= 0.6 is 0 Å². The Hall–Kier alpha value is -2.74. The van der Waals surface area contributed by atoms with Gasteiger partial charge in [0.1, 0.15) is 6.61 Å². The van der Waals surface area contributed by atoms with Crippen molar-refractivity contribution in [3.8, 4) is 11.5 Å². The third-order valence-corrected chi connectivity index (χ3v) is 3.86. The summed E-state index contributed by atoms with van der Waals surface area (Å²) < 4.78 is 51.2. The molecule has 0 fully saturated rings. The number of alkyl halides is 3. The summed E-state index contributed by atoms with van der Waals surface area (Å²) >= 11 is 0. The molecule has 1 amide bonds. The molecule has 5 nitrogen and oxygen atoms in total. The molecule has 0 aromatic heterocycles. The summed E-state index contributed by atoms with van der Waals surface area (Å²) in [6.45, 7) is -1.08. The topological polar surface area (TPSA) is 56.8 Å². The highest BCUT2D eigenvalue weighted by molar-refractivity contribution is 5.78. The number of benzene rings is 2. The zero-order valence-electron chi connectivity index (χ0n) is 15.6. The van der Waals surface area contributed by atoms with E-state index in [1.54, 1.807) is 42.5 Å². The van der Waals surface area contributed by atoms with Gasteiger partial charge in [0.15, 0.2) is 11.5 Å². The first-order chi connectivity index (χ1) is 13.3. The largest absolute Gasteiger partial charge is 0.493 e. The minimum atomic E-state index is -4.34. The molecule has 0 radical (unpaired) electrons. The van der Waals surface area contributed by atoms with Gasteiger partial charge in [0.25, 0.3) is 0 Å². The van der Waals surface area contributed by atoms with Gasteiger partial charge < -0.3 is 19.5 Å².